The molecule has 1 aliphatic carbocycles. The van der Waals surface area contributed by atoms with Crippen molar-refractivity contribution < 1.29 is 14.4 Å². The molecule has 2 aliphatic heterocycles. The molecule has 29 heavy (non-hydrogen) atoms. The van der Waals surface area contributed by atoms with E-state index in [0.29, 0.717) is 25.1 Å². The Bertz CT molecular complexity index is 916. The first kappa shape index (κ1) is 19.6. The Morgan fingerprint density at radius 3 is 2.72 bits per heavy atom. The van der Waals surface area contributed by atoms with Gasteiger partial charge in [0.05, 0.1) is 5.92 Å². The van der Waals surface area contributed by atoms with Gasteiger partial charge in [-0.05, 0) is 61.8 Å². The van der Waals surface area contributed by atoms with Crippen LogP contribution in [0.15, 0.2) is 40.4 Å². The number of piperidine rings is 1. The molecule has 0 bridgehead atoms. The zero-order valence-corrected chi connectivity index (χ0v) is 16.7. The summed E-state index contributed by atoms with van der Waals surface area (Å²) in [6, 6.07) is 7.62. The van der Waals surface area contributed by atoms with Crippen LogP contribution in [-0.4, -0.2) is 47.8 Å². The quantitative estimate of drug-likeness (QED) is 0.851. The van der Waals surface area contributed by atoms with Crippen molar-refractivity contribution in [1.82, 2.24) is 4.90 Å². The molecule has 2 amide bonds. The van der Waals surface area contributed by atoms with Gasteiger partial charge in [0.1, 0.15) is 6.54 Å². The summed E-state index contributed by atoms with van der Waals surface area (Å²) in [5.41, 5.74) is 10.2. The molecular weight excluding hydrogens is 366 g/mol. The summed E-state index contributed by atoms with van der Waals surface area (Å²) in [5, 5.41) is 0. The maximum Gasteiger partial charge on any atom is 0.253 e. The molecule has 1 unspecified atom stereocenters. The summed E-state index contributed by atoms with van der Waals surface area (Å²) < 4.78 is 0. The number of nitrogens with zero attached hydrogens (tertiary/aromatic N) is 2. The minimum Gasteiger partial charge on any atom is -0.369 e. The van der Waals surface area contributed by atoms with Gasteiger partial charge in [-0.15, -0.1) is 0 Å². The molecule has 2 heterocycles. The molecule has 0 spiro atoms. The molecule has 1 atom stereocenters. The third-order valence-corrected chi connectivity index (χ3v) is 6.22. The number of hydrogen-bond acceptors (Lipinski definition) is 4. The fourth-order valence-electron chi connectivity index (χ4n) is 4.64. The molecule has 6 heteroatoms. The van der Waals surface area contributed by atoms with Crippen LogP contribution in [0, 0.1) is 5.92 Å². The number of hydrogen-bond donors (Lipinski definition) is 1. The first-order valence-corrected chi connectivity index (χ1v) is 10.5. The fourth-order valence-corrected chi connectivity index (χ4v) is 4.64. The first-order chi connectivity index (χ1) is 14.0. The molecule has 0 aromatic heterocycles. The van der Waals surface area contributed by atoms with E-state index >= 15 is 0 Å². The van der Waals surface area contributed by atoms with E-state index in [-0.39, 0.29) is 30.1 Å². The lowest BCUT2D eigenvalue weighted by atomic mass is 9.83. The Morgan fingerprint density at radius 1 is 1.14 bits per heavy atom. The van der Waals surface area contributed by atoms with E-state index in [1.54, 1.807) is 4.90 Å². The SMILES string of the molecule is NC(=O)C1CCCN(C(=O)c2cccc(CC3=NCC(=O)C4=C3CCCC4)c2)C1. The van der Waals surface area contributed by atoms with Crippen LogP contribution < -0.4 is 5.73 Å². The minimum atomic E-state index is -0.335. The number of Topliss-reactive ketones (excluding diaryl/α,β-unsaturated/α-hetero) is 1. The number of carbonyl (C=O) groups is 3. The maximum absolute atomic E-state index is 13.0. The average Bonchev–Trinajstić information content (AvgIpc) is 2.76. The fraction of sp³-hybridized carbons (Fsp3) is 0.478. The third kappa shape index (κ3) is 4.16. The normalized spacial score (nSPS) is 22.2. The van der Waals surface area contributed by atoms with Gasteiger partial charge in [-0.3, -0.25) is 19.4 Å². The number of benzene rings is 1. The molecular formula is C23H27N3O3. The molecule has 0 radical (unpaired) electrons. The van der Waals surface area contributed by atoms with Crippen LogP contribution in [-0.2, 0) is 16.0 Å². The number of primary amides is 1. The smallest absolute Gasteiger partial charge is 0.253 e. The number of dihydropyridines is 1. The van der Waals surface area contributed by atoms with Crippen molar-refractivity contribution in [3.8, 4) is 0 Å². The van der Waals surface area contributed by atoms with Gasteiger partial charge in [0.15, 0.2) is 5.78 Å². The summed E-state index contributed by atoms with van der Waals surface area (Å²) in [5.74, 6) is -0.489. The predicted octanol–water partition coefficient (Wildman–Crippen LogP) is 2.46. The van der Waals surface area contributed by atoms with E-state index in [4.69, 9.17) is 5.73 Å². The minimum absolute atomic E-state index is 0.0591. The van der Waals surface area contributed by atoms with E-state index in [1.165, 1.54) is 0 Å². The maximum atomic E-state index is 13.0. The highest BCUT2D eigenvalue weighted by Crippen LogP contribution is 2.30. The van der Waals surface area contributed by atoms with Gasteiger partial charge in [0, 0.05) is 36.4 Å². The van der Waals surface area contributed by atoms with Gasteiger partial charge in [-0.1, -0.05) is 12.1 Å². The van der Waals surface area contributed by atoms with Crippen LogP contribution in [0.4, 0.5) is 0 Å². The Labute approximate surface area is 170 Å². The number of carbonyl (C=O) groups excluding carboxylic acids is 3. The lowest BCUT2D eigenvalue weighted by Gasteiger charge is -2.31. The second-order valence-corrected chi connectivity index (χ2v) is 8.22. The van der Waals surface area contributed by atoms with Gasteiger partial charge < -0.3 is 10.6 Å². The number of likely N-dealkylation sites (tertiary alicyclic amines) is 1. The predicted molar refractivity (Wildman–Crippen MR) is 111 cm³/mol. The van der Waals surface area contributed by atoms with Crippen LogP contribution in [0.3, 0.4) is 0 Å². The van der Waals surface area contributed by atoms with Crippen LogP contribution in [0.5, 0.6) is 0 Å². The lowest BCUT2D eigenvalue weighted by molar-refractivity contribution is -0.123. The van der Waals surface area contributed by atoms with E-state index in [1.807, 2.05) is 24.3 Å². The van der Waals surface area contributed by atoms with Crippen molar-refractivity contribution >= 4 is 23.3 Å². The summed E-state index contributed by atoms with van der Waals surface area (Å²) in [4.78, 5) is 42.9. The molecule has 1 aromatic rings. The standard InChI is InChI=1S/C23H27N3O3/c24-22(28)17-7-4-10-26(14-17)23(29)16-6-3-5-15(11-16)12-20-18-8-1-2-9-19(18)21(27)13-25-20/h3,5-6,11,17H,1-2,4,7-10,12-14H2,(H2,24,28). The van der Waals surface area contributed by atoms with Gasteiger partial charge in [-0.25, -0.2) is 0 Å². The molecule has 4 rings (SSSR count). The van der Waals surface area contributed by atoms with Gasteiger partial charge in [-0.2, -0.15) is 0 Å². The molecule has 1 fully saturated rings. The topological polar surface area (TPSA) is 92.8 Å². The van der Waals surface area contributed by atoms with Crippen LogP contribution in [0.2, 0.25) is 0 Å². The summed E-state index contributed by atoms with van der Waals surface area (Å²) in [6.07, 6.45) is 6.12. The number of aliphatic imine (C=N–C) groups is 1. The zero-order valence-electron chi connectivity index (χ0n) is 16.7. The van der Waals surface area contributed by atoms with E-state index < -0.39 is 0 Å². The molecule has 3 aliphatic rings. The second-order valence-electron chi connectivity index (χ2n) is 8.22. The van der Waals surface area contributed by atoms with Crippen molar-refractivity contribution in [2.24, 2.45) is 16.6 Å². The molecule has 0 saturated carbocycles. The number of nitrogens with two attached hydrogens (primary N) is 1. The first-order valence-electron chi connectivity index (χ1n) is 10.5. The van der Waals surface area contributed by atoms with E-state index in [2.05, 4.69) is 4.99 Å². The largest absolute Gasteiger partial charge is 0.369 e. The van der Waals surface area contributed by atoms with E-state index in [9.17, 15) is 14.4 Å². The number of ketones is 1. The van der Waals surface area contributed by atoms with Crippen LogP contribution >= 0.6 is 0 Å². The highest BCUT2D eigenvalue weighted by Gasteiger charge is 2.28. The van der Waals surface area contributed by atoms with Crippen molar-refractivity contribution in [3.05, 3.63) is 46.5 Å². The number of rotatable bonds is 4. The number of amides is 2. The highest BCUT2D eigenvalue weighted by molar-refractivity contribution is 6.14. The Kier molecular flexibility index (Phi) is 5.60. The second kappa shape index (κ2) is 8.31. The van der Waals surface area contributed by atoms with Gasteiger partial charge in [0.25, 0.3) is 5.91 Å². The molecule has 1 aromatic carbocycles. The zero-order chi connectivity index (χ0) is 20.4. The summed E-state index contributed by atoms with van der Waals surface area (Å²) in [7, 11) is 0. The molecule has 152 valence electrons. The molecule has 1 saturated heterocycles. The van der Waals surface area contributed by atoms with Crippen molar-refractivity contribution in [3.63, 3.8) is 0 Å². The van der Waals surface area contributed by atoms with Gasteiger partial charge in [0.2, 0.25) is 5.91 Å². The van der Waals surface area contributed by atoms with Crippen molar-refractivity contribution in [2.75, 3.05) is 19.6 Å². The monoisotopic (exact) mass is 393 g/mol. The molecule has 2 N–H and O–H groups in total. The summed E-state index contributed by atoms with van der Waals surface area (Å²) in [6.45, 7) is 1.29. The van der Waals surface area contributed by atoms with Gasteiger partial charge >= 0.3 is 0 Å². The molecule has 6 nitrogen and oxygen atoms in total. The Balaban J connectivity index is 1.51. The van der Waals surface area contributed by atoms with Crippen molar-refractivity contribution in [1.29, 1.82) is 0 Å². The Morgan fingerprint density at radius 2 is 1.93 bits per heavy atom. The average molecular weight is 393 g/mol. The lowest BCUT2D eigenvalue weighted by Crippen LogP contribution is -2.44. The highest BCUT2D eigenvalue weighted by atomic mass is 16.2. The number of allylic oxidation sites excluding steroid dienone is 1. The van der Waals surface area contributed by atoms with Crippen LogP contribution in [0.1, 0.15) is 54.4 Å². The van der Waals surface area contributed by atoms with Crippen molar-refractivity contribution in [2.45, 2.75) is 44.9 Å². The Hall–Kier alpha value is -2.76. The third-order valence-electron chi connectivity index (χ3n) is 6.22. The summed E-state index contributed by atoms with van der Waals surface area (Å²) >= 11 is 0. The van der Waals surface area contributed by atoms with Crippen LogP contribution in [0.25, 0.3) is 0 Å². The van der Waals surface area contributed by atoms with E-state index in [0.717, 1.165) is 60.9 Å².